The fourth-order valence-electron chi connectivity index (χ4n) is 2.69. The number of nitrogens with one attached hydrogen (secondary N) is 1. The van der Waals surface area contributed by atoms with Crippen LogP contribution < -0.4 is 5.32 Å². The van der Waals surface area contributed by atoms with Gasteiger partial charge >= 0.3 is 11.9 Å². The number of hydrogen-bond donors (Lipinski definition) is 3. The fourth-order valence-corrected chi connectivity index (χ4v) is 2.69. The van der Waals surface area contributed by atoms with Crippen LogP contribution in [0.3, 0.4) is 0 Å². The van der Waals surface area contributed by atoms with Gasteiger partial charge in [0.05, 0.1) is 27.7 Å². The zero-order valence-corrected chi connectivity index (χ0v) is 12.4. The zero-order chi connectivity index (χ0) is 17.3. The number of para-hydroxylation sites is 1. The second-order valence-electron chi connectivity index (χ2n) is 5.04. The first-order chi connectivity index (χ1) is 10.8. The predicted molar refractivity (Wildman–Crippen MR) is 80.6 cm³/mol. The van der Waals surface area contributed by atoms with Crippen LogP contribution >= 0.6 is 0 Å². The van der Waals surface area contributed by atoms with E-state index >= 15 is 0 Å². The van der Waals surface area contributed by atoms with Gasteiger partial charge in [0.15, 0.2) is 0 Å². The number of allylic oxidation sites excluding steroid dienone is 1. The summed E-state index contributed by atoms with van der Waals surface area (Å²) in [5.41, 5.74) is -0.761. The smallest absolute Gasteiger partial charge is 0.338 e. The molecule has 1 heterocycles. The average Bonchev–Trinajstić information content (AvgIpc) is 2.45. The average molecular weight is 318 g/mol. The maximum absolute atomic E-state index is 11.6. The maximum atomic E-state index is 11.6. The van der Waals surface area contributed by atoms with Crippen molar-refractivity contribution in [1.29, 1.82) is 0 Å². The van der Waals surface area contributed by atoms with Gasteiger partial charge in [0.1, 0.15) is 0 Å². The molecule has 1 aromatic carbocycles. The van der Waals surface area contributed by atoms with Gasteiger partial charge in [-0.2, -0.15) is 0 Å². The highest BCUT2D eigenvalue weighted by molar-refractivity contribution is 6.14. The van der Waals surface area contributed by atoms with Crippen molar-refractivity contribution >= 4 is 23.2 Å². The Balaban J connectivity index is 2.91. The molecule has 0 radical (unpaired) electrons. The first-order valence-electron chi connectivity index (χ1n) is 6.68. The quantitative estimate of drug-likeness (QED) is 0.570. The molecule has 23 heavy (non-hydrogen) atoms. The Hall–Kier alpha value is -3.16. The molecule has 0 spiro atoms. The van der Waals surface area contributed by atoms with Crippen LogP contribution in [0.15, 0.2) is 41.1 Å². The third-order valence-electron chi connectivity index (χ3n) is 3.57. The summed E-state index contributed by atoms with van der Waals surface area (Å²) < 4.78 is 0. The van der Waals surface area contributed by atoms with Crippen LogP contribution in [0.25, 0.3) is 5.57 Å². The molecule has 8 nitrogen and oxygen atoms in total. The minimum Gasteiger partial charge on any atom is -0.478 e. The molecule has 120 valence electrons. The number of hydrogen-bond acceptors (Lipinski definition) is 5. The van der Waals surface area contributed by atoms with E-state index in [1.165, 1.54) is 31.2 Å². The van der Waals surface area contributed by atoms with Gasteiger partial charge in [-0.25, -0.2) is 9.59 Å². The van der Waals surface area contributed by atoms with Gasteiger partial charge in [-0.3, -0.25) is 10.1 Å². The van der Waals surface area contributed by atoms with E-state index < -0.39 is 22.9 Å². The molecule has 0 saturated heterocycles. The van der Waals surface area contributed by atoms with E-state index in [4.69, 9.17) is 0 Å². The molecule has 2 rings (SSSR count). The number of rotatable bonds is 4. The van der Waals surface area contributed by atoms with Crippen molar-refractivity contribution in [2.75, 3.05) is 0 Å². The maximum Gasteiger partial charge on any atom is 0.338 e. The van der Waals surface area contributed by atoms with E-state index in [0.717, 1.165) is 0 Å². The first kappa shape index (κ1) is 16.2. The van der Waals surface area contributed by atoms with Gasteiger partial charge in [-0.1, -0.05) is 12.1 Å². The Morgan fingerprint density at radius 2 is 1.83 bits per heavy atom. The van der Waals surface area contributed by atoms with Crippen molar-refractivity contribution in [3.8, 4) is 0 Å². The number of dihydropyridines is 1. The Labute approximate surface area is 130 Å². The molecular formula is C15H14N2O6. The molecule has 0 bridgehead atoms. The Kier molecular flexibility index (Phi) is 4.17. The third-order valence-corrected chi connectivity index (χ3v) is 3.57. The topological polar surface area (TPSA) is 130 Å². The molecule has 3 N–H and O–H groups in total. The summed E-state index contributed by atoms with van der Waals surface area (Å²) >= 11 is 0. The SMILES string of the molecule is CC1=C(C(=O)O)C(c2ccccc2[N+](=O)[O-])=C(C(=O)O)C(C)N1. The molecule has 0 saturated carbocycles. The second-order valence-corrected chi connectivity index (χ2v) is 5.04. The van der Waals surface area contributed by atoms with E-state index in [2.05, 4.69) is 5.32 Å². The number of aliphatic carboxylic acids is 2. The van der Waals surface area contributed by atoms with Gasteiger partial charge in [-0.05, 0) is 19.9 Å². The van der Waals surface area contributed by atoms with Crippen LogP contribution in [0, 0.1) is 10.1 Å². The van der Waals surface area contributed by atoms with Crippen LogP contribution in [-0.2, 0) is 9.59 Å². The summed E-state index contributed by atoms with van der Waals surface area (Å²) in [6, 6.07) is 4.81. The molecule has 0 aliphatic carbocycles. The number of nitro benzene ring substituents is 1. The summed E-state index contributed by atoms with van der Waals surface area (Å²) in [7, 11) is 0. The summed E-state index contributed by atoms with van der Waals surface area (Å²) in [4.78, 5) is 33.8. The molecular weight excluding hydrogens is 304 g/mol. The van der Waals surface area contributed by atoms with Crippen molar-refractivity contribution < 1.29 is 24.7 Å². The van der Waals surface area contributed by atoms with Gasteiger partial charge < -0.3 is 15.5 Å². The monoisotopic (exact) mass is 318 g/mol. The standard InChI is InChI=1S/C15H14N2O6/c1-7-11(14(18)19)13(12(15(20)21)8(2)16-7)9-5-3-4-6-10(9)17(22)23/h3-7,16H,1-2H3,(H,18,19)(H,20,21). The lowest BCUT2D eigenvalue weighted by atomic mass is 9.85. The molecule has 1 aromatic rings. The van der Waals surface area contributed by atoms with Crippen molar-refractivity contribution in [1.82, 2.24) is 5.32 Å². The van der Waals surface area contributed by atoms with Crippen LogP contribution in [0.5, 0.6) is 0 Å². The molecule has 0 amide bonds. The highest BCUT2D eigenvalue weighted by atomic mass is 16.6. The minimum absolute atomic E-state index is 0.0278. The number of carbonyl (C=O) groups is 2. The predicted octanol–water partition coefficient (Wildman–Crippen LogP) is 1.78. The van der Waals surface area contributed by atoms with Crippen LogP contribution in [0.1, 0.15) is 19.4 Å². The van der Waals surface area contributed by atoms with Crippen LogP contribution in [0.2, 0.25) is 0 Å². The molecule has 0 aromatic heterocycles. The van der Waals surface area contributed by atoms with Crippen LogP contribution in [-0.4, -0.2) is 33.1 Å². The van der Waals surface area contributed by atoms with E-state index in [9.17, 15) is 29.9 Å². The van der Waals surface area contributed by atoms with E-state index in [1.807, 2.05) is 0 Å². The van der Waals surface area contributed by atoms with Crippen LogP contribution in [0.4, 0.5) is 5.69 Å². The van der Waals surface area contributed by atoms with Gasteiger partial charge in [-0.15, -0.1) is 0 Å². The molecule has 8 heteroatoms. The van der Waals surface area contributed by atoms with Crippen molar-refractivity contribution in [2.24, 2.45) is 0 Å². The number of nitrogens with zero attached hydrogens (tertiary/aromatic N) is 1. The largest absolute Gasteiger partial charge is 0.478 e. The lowest BCUT2D eigenvalue weighted by Gasteiger charge is -2.27. The van der Waals surface area contributed by atoms with E-state index in [-0.39, 0.29) is 33.7 Å². The van der Waals surface area contributed by atoms with Gasteiger partial charge in [0.25, 0.3) is 5.69 Å². The highest BCUT2D eigenvalue weighted by Crippen LogP contribution is 2.38. The Morgan fingerprint density at radius 1 is 1.22 bits per heavy atom. The molecule has 0 fully saturated rings. The first-order valence-corrected chi connectivity index (χ1v) is 6.68. The second kappa shape index (κ2) is 5.91. The summed E-state index contributed by atoms with van der Waals surface area (Å²) in [5.74, 6) is -2.68. The number of benzene rings is 1. The Morgan fingerprint density at radius 3 is 2.35 bits per heavy atom. The summed E-state index contributed by atoms with van der Waals surface area (Å²) in [6.07, 6.45) is 0. The lowest BCUT2D eigenvalue weighted by Crippen LogP contribution is -2.36. The lowest BCUT2D eigenvalue weighted by molar-refractivity contribution is -0.385. The normalized spacial score (nSPS) is 17.7. The summed E-state index contributed by atoms with van der Waals surface area (Å²) in [6.45, 7) is 3.05. The van der Waals surface area contributed by atoms with E-state index in [1.54, 1.807) is 6.92 Å². The fraction of sp³-hybridized carbons (Fsp3) is 0.200. The van der Waals surface area contributed by atoms with Gasteiger partial charge in [0, 0.05) is 17.3 Å². The molecule has 1 unspecified atom stereocenters. The van der Waals surface area contributed by atoms with E-state index in [0.29, 0.717) is 0 Å². The minimum atomic E-state index is -1.35. The third kappa shape index (κ3) is 2.78. The number of carboxylic acid groups (broad SMARTS) is 2. The van der Waals surface area contributed by atoms with Gasteiger partial charge in [0.2, 0.25) is 0 Å². The number of carboxylic acids is 2. The highest BCUT2D eigenvalue weighted by Gasteiger charge is 2.35. The Bertz CT molecular complexity index is 778. The van der Waals surface area contributed by atoms with Crippen molar-refractivity contribution in [3.05, 3.63) is 56.8 Å². The molecule has 1 atom stereocenters. The molecule has 1 aliphatic rings. The summed E-state index contributed by atoms with van der Waals surface area (Å²) in [5, 5.41) is 33.0. The van der Waals surface area contributed by atoms with Crippen molar-refractivity contribution in [3.63, 3.8) is 0 Å². The zero-order valence-electron chi connectivity index (χ0n) is 12.4. The molecule has 1 aliphatic heterocycles. The van der Waals surface area contributed by atoms with Crippen molar-refractivity contribution in [2.45, 2.75) is 19.9 Å². The number of nitro groups is 1.